The number of hydrogen-bond acceptors (Lipinski definition) is 9. The van der Waals surface area contributed by atoms with Crippen LogP contribution >= 0.6 is 11.8 Å². The van der Waals surface area contributed by atoms with Gasteiger partial charge in [0.05, 0.1) is 10.9 Å². The number of hydrogen-bond donors (Lipinski definition) is 1. The Labute approximate surface area is 187 Å². The summed E-state index contributed by atoms with van der Waals surface area (Å²) < 4.78 is 2.14. The van der Waals surface area contributed by atoms with Crippen LogP contribution in [0.15, 0.2) is 29.4 Å². The first-order chi connectivity index (χ1) is 14.9. The Morgan fingerprint density at radius 3 is 2.39 bits per heavy atom. The maximum Gasteiger partial charge on any atom is 0.232 e. The predicted octanol–water partition coefficient (Wildman–Crippen LogP) is 3.25. The number of aromatic nitrogens is 6. The monoisotopic (exact) mass is 439 g/mol. The van der Waals surface area contributed by atoms with Crippen molar-refractivity contribution in [2.75, 3.05) is 42.7 Å². The number of nitrogens with two attached hydrogens (primary N) is 1. The van der Waals surface area contributed by atoms with Gasteiger partial charge in [0.15, 0.2) is 5.16 Å². The van der Waals surface area contributed by atoms with Gasteiger partial charge in [-0.05, 0) is 45.2 Å². The van der Waals surface area contributed by atoms with E-state index in [0.717, 1.165) is 29.9 Å². The van der Waals surface area contributed by atoms with E-state index in [1.165, 1.54) is 24.8 Å². The molecule has 2 aromatic heterocycles. The lowest BCUT2D eigenvalue weighted by atomic mass is 10.1. The lowest BCUT2D eigenvalue weighted by Gasteiger charge is -2.28. The molecule has 31 heavy (non-hydrogen) atoms. The lowest BCUT2D eigenvalue weighted by molar-refractivity contribution is 0.564. The highest BCUT2D eigenvalue weighted by molar-refractivity contribution is 7.99. The van der Waals surface area contributed by atoms with Crippen LogP contribution in [0, 0.1) is 6.92 Å². The predicted molar refractivity (Wildman–Crippen MR) is 125 cm³/mol. The van der Waals surface area contributed by atoms with Crippen LogP contribution in [0.4, 0.5) is 17.8 Å². The Kier molecular flexibility index (Phi) is 6.26. The molecule has 0 spiro atoms. The fourth-order valence-corrected chi connectivity index (χ4v) is 4.45. The second-order valence-corrected chi connectivity index (χ2v) is 9.32. The van der Waals surface area contributed by atoms with E-state index in [4.69, 9.17) is 5.73 Å². The summed E-state index contributed by atoms with van der Waals surface area (Å²) in [5, 5.41) is 9.87. The van der Waals surface area contributed by atoms with Crippen molar-refractivity contribution in [2.24, 2.45) is 0 Å². The first-order valence-electron chi connectivity index (χ1n) is 10.5. The highest BCUT2D eigenvalue weighted by Crippen LogP contribution is 2.36. The van der Waals surface area contributed by atoms with Crippen LogP contribution in [0.25, 0.3) is 5.69 Å². The van der Waals surface area contributed by atoms with Gasteiger partial charge < -0.3 is 15.5 Å². The first-order valence-corrected chi connectivity index (χ1v) is 11.4. The summed E-state index contributed by atoms with van der Waals surface area (Å²) in [7, 11) is 3.77. The Hall–Kier alpha value is -2.88. The molecule has 0 radical (unpaired) electrons. The number of thioether (sulfide) groups is 1. The van der Waals surface area contributed by atoms with Gasteiger partial charge in [-0.2, -0.15) is 15.0 Å². The summed E-state index contributed by atoms with van der Waals surface area (Å²) in [4.78, 5) is 17.3. The van der Waals surface area contributed by atoms with Crippen molar-refractivity contribution in [3.63, 3.8) is 0 Å². The van der Waals surface area contributed by atoms with E-state index < -0.39 is 0 Å². The van der Waals surface area contributed by atoms with E-state index in [1.807, 2.05) is 25.9 Å². The molecule has 1 saturated heterocycles. The Balaban J connectivity index is 1.69. The van der Waals surface area contributed by atoms with Gasteiger partial charge in [0, 0.05) is 27.2 Å². The molecule has 1 atom stereocenters. The third-order valence-corrected chi connectivity index (χ3v) is 6.29. The zero-order valence-corrected chi connectivity index (χ0v) is 19.3. The molecule has 4 rings (SSSR count). The van der Waals surface area contributed by atoms with E-state index in [-0.39, 0.29) is 11.2 Å². The minimum atomic E-state index is -0.0772. The van der Waals surface area contributed by atoms with Gasteiger partial charge in [0.25, 0.3) is 0 Å². The maximum atomic E-state index is 5.93. The van der Waals surface area contributed by atoms with Gasteiger partial charge in [-0.1, -0.05) is 29.5 Å². The molecule has 3 heterocycles. The molecule has 9 nitrogen and oxygen atoms in total. The second kappa shape index (κ2) is 9.09. The zero-order chi connectivity index (χ0) is 22.0. The van der Waals surface area contributed by atoms with Crippen LogP contribution in [0.5, 0.6) is 0 Å². The first kappa shape index (κ1) is 21.4. The Morgan fingerprint density at radius 1 is 1.00 bits per heavy atom. The SMILES string of the molecule is Cc1ccc(-n2c(S[C@H](C)c3nc(N)nc(N(C)C)n3)nnc2N2CCCCC2)cc1. The summed E-state index contributed by atoms with van der Waals surface area (Å²) in [5.74, 6) is 2.28. The fourth-order valence-electron chi connectivity index (χ4n) is 3.55. The lowest BCUT2D eigenvalue weighted by Crippen LogP contribution is -2.31. The van der Waals surface area contributed by atoms with Gasteiger partial charge in [-0.25, -0.2) is 0 Å². The topological polar surface area (TPSA) is 102 Å². The minimum Gasteiger partial charge on any atom is -0.368 e. The molecule has 164 valence electrons. The average molecular weight is 440 g/mol. The Morgan fingerprint density at radius 2 is 1.71 bits per heavy atom. The number of aryl methyl sites for hydroxylation is 1. The molecule has 0 bridgehead atoms. The molecule has 1 aromatic carbocycles. The van der Waals surface area contributed by atoms with Crippen LogP contribution in [0.2, 0.25) is 0 Å². The summed E-state index contributed by atoms with van der Waals surface area (Å²) in [6.07, 6.45) is 3.62. The molecule has 0 unspecified atom stereocenters. The van der Waals surface area contributed by atoms with Crippen LogP contribution < -0.4 is 15.5 Å². The zero-order valence-electron chi connectivity index (χ0n) is 18.5. The molecule has 3 aromatic rings. The third kappa shape index (κ3) is 4.73. The highest BCUT2D eigenvalue weighted by atomic mass is 32.2. The number of nitrogen functional groups attached to an aromatic ring is 1. The van der Waals surface area contributed by atoms with Crippen LogP contribution in [-0.4, -0.2) is 56.9 Å². The molecule has 0 saturated carbocycles. The number of piperidine rings is 1. The van der Waals surface area contributed by atoms with Crippen molar-refractivity contribution >= 4 is 29.6 Å². The molecular formula is C21H29N9S. The molecule has 1 fully saturated rings. The second-order valence-electron chi connectivity index (χ2n) is 8.01. The van der Waals surface area contributed by atoms with Crippen LogP contribution in [0.3, 0.4) is 0 Å². The smallest absolute Gasteiger partial charge is 0.232 e. The largest absolute Gasteiger partial charge is 0.368 e. The number of nitrogens with zero attached hydrogens (tertiary/aromatic N) is 8. The van der Waals surface area contributed by atoms with Gasteiger partial charge in [-0.3, -0.25) is 4.57 Å². The van der Waals surface area contributed by atoms with Crippen molar-refractivity contribution in [2.45, 2.75) is 43.5 Å². The highest BCUT2D eigenvalue weighted by Gasteiger charge is 2.24. The quantitative estimate of drug-likeness (QED) is 0.580. The number of rotatable bonds is 6. The Bertz CT molecular complexity index is 1030. The summed E-state index contributed by atoms with van der Waals surface area (Å²) in [5.41, 5.74) is 8.20. The van der Waals surface area contributed by atoms with Gasteiger partial charge in [-0.15, -0.1) is 10.2 Å². The van der Waals surface area contributed by atoms with Crippen LogP contribution in [-0.2, 0) is 0 Å². The third-order valence-electron chi connectivity index (χ3n) is 5.25. The normalized spacial score (nSPS) is 15.2. The molecule has 0 aliphatic carbocycles. The standard InChI is InChI=1S/C21H29N9S/c1-14-8-10-16(11-9-14)30-20(29-12-6-5-7-13-29)26-27-21(30)31-15(2)17-23-18(22)25-19(24-17)28(3)4/h8-11,15H,5-7,12-13H2,1-4H3,(H2,22,23,24,25)/t15-/m1/s1. The fraction of sp³-hybridized carbons (Fsp3) is 0.476. The van der Waals surface area contributed by atoms with Crippen molar-refractivity contribution in [1.29, 1.82) is 0 Å². The van der Waals surface area contributed by atoms with E-state index in [1.54, 1.807) is 11.8 Å². The van der Waals surface area contributed by atoms with Gasteiger partial charge >= 0.3 is 0 Å². The maximum absolute atomic E-state index is 5.93. The summed E-state index contributed by atoms with van der Waals surface area (Å²) in [6.45, 7) is 6.14. The van der Waals surface area contributed by atoms with Crippen molar-refractivity contribution in [3.05, 3.63) is 35.7 Å². The van der Waals surface area contributed by atoms with E-state index in [2.05, 4.69) is 65.8 Å². The molecule has 1 aliphatic rings. The van der Waals surface area contributed by atoms with Crippen molar-refractivity contribution in [1.82, 2.24) is 29.7 Å². The van der Waals surface area contributed by atoms with E-state index in [9.17, 15) is 0 Å². The summed E-state index contributed by atoms with van der Waals surface area (Å²) in [6, 6.07) is 8.46. The van der Waals surface area contributed by atoms with Gasteiger partial charge in [0.2, 0.25) is 17.8 Å². The molecule has 1 aliphatic heterocycles. The van der Waals surface area contributed by atoms with Gasteiger partial charge in [0.1, 0.15) is 5.82 Å². The molecular weight excluding hydrogens is 410 g/mol. The average Bonchev–Trinajstić information content (AvgIpc) is 3.18. The van der Waals surface area contributed by atoms with Crippen molar-refractivity contribution in [3.8, 4) is 5.69 Å². The summed E-state index contributed by atoms with van der Waals surface area (Å²) >= 11 is 1.57. The molecule has 10 heteroatoms. The number of benzene rings is 1. The van der Waals surface area contributed by atoms with E-state index >= 15 is 0 Å². The number of anilines is 3. The van der Waals surface area contributed by atoms with Crippen molar-refractivity contribution < 1.29 is 0 Å². The van der Waals surface area contributed by atoms with E-state index in [0.29, 0.717) is 11.8 Å². The minimum absolute atomic E-state index is 0.0772. The molecule has 0 amide bonds. The molecule has 2 N–H and O–H groups in total. The van der Waals surface area contributed by atoms with Crippen LogP contribution in [0.1, 0.15) is 42.8 Å².